The summed E-state index contributed by atoms with van der Waals surface area (Å²) < 4.78 is 2.27. The normalized spacial score (nSPS) is 21.6. The lowest BCUT2D eigenvalue weighted by Crippen LogP contribution is -2.43. The van der Waals surface area contributed by atoms with Crippen molar-refractivity contribution in [2.45, 2.75) is 37.6 Å². The van der Waals surface area contributed by atoms with Crippen LogP contribution < -0.4 is 5.32 Å². The molecule has 29 heavy (non-hydrogen) atoms. The van der Waals surface area contributed by atoms with Crippen molar-refractivity contribution in [2.24, 2.45) is 16.8 Å². The molecule has 2 unspecified atom stereocenters. The van der Waals surface area contributed by atoms with Crippen molar-refractivity contribution in [3.8, 4) is 0 Å². The van der Waals surface area contributed by atoms with Gasteiger partial charge in [-0.15, -0.1) is 45.9 Å². The molecule has 4 rings (SSSR count). The number of likely N-dealkylation sites (tertiary alicyclic amines) is 1. The van der Waals surface area contributed by atoms with Gasteiger partial charge in [-0.3, -0.25) is 4.99 Å². The molecule has 2 aromatic rings. The van der Waals surface area contributed by atoms with Gasteiger partial charge in [-0.25, -0.2) is 0 Å². The molecule has 1 aromatic heterocycles. The second-order valence-electron chi connectivity index (χ2n) is 7.83. The van der Waals surface area contributed by atoms with Gasteiger partial charge in [0.05, 0.1) is 0 Å². The molecule has 0 bridgehead atoms. The molecule has 8 heteroatoms. The van der Waals surface area contributed by atoms with Gasteiger partial charge >= 0.3 is 0 Å². The van der Waals surface area contributed by atoms with Crippen molar-refractivity contribution in [1.82, 2.24) is 25.0 Å². The molecule has 0 spiro atoms. The van der Waals surface area contributed by atoms with Crippen molar-refractivity contribution in [2.75, 3.05) is 32.4 Å². The summed E-state index contributed by atoms with van der Waals surface area (Å²) in [5.41, 5.74) is 0. The van der Waals surface area contributed by atoms with Crippen LogP contribution in [0.1, 0.15) is 24.5 Å². The Morgan fingerprint density at radius 1 is 1.17 bits per heavy atom. The van der Waals surface area contributed by atoms with E-state index >= 15 is 0 Å². The van der Waals surface area contributed by atoms with Gasteiger partial charge in [0.2, 0.25) is 0 Å². The smallest absolute Gasteiger partial charge is 0.193 e. The number of nitrogens with one attached hydrogen (secondary N) is 1. The number of guanidine groups is 1. The first-order valence-corrected chi connectivity index (χ1v) is 11.2. The lowest BCUT2D eigenvalue weighted by molar-refractivity contribution is 0.352. The molecule has 0 radical (unpaired) electrons. The van der Waals surface area contributed by atoms with E-state index in [9.17, 15) is 0 Å². The summed E-state index contributed by atoms with van der Waals surface area (Å²) >= 11 is 1.97. The number of rotatable bonds is 5. The van der Waals surface area contributed by atoms with E-state index in [4.69, 9.17) is 0 Å². The van der Waals surface area contributed by atoms with Crippen molar-refractivity contribution >= 4 is 41.7 Å². The van der Waals surface area contributed by atoms with Crippen LogP contribution in [0.25, 0.3) is 0 Å². The Morgan fingerprint density at radius 2 is 2.00 bits per heavy atom. The van der Waals surface area contributed by atoms with Crippen LogP contribution in [0.5, 0.6) is 0 Å². The number of benzene rings is 1. The second-order valence-corrected chi connectivity index (χ2v) is 8.93. The zero-order chi connectivity index (χ0) is 19.3. The van der Waals surface area contributed by atoms with E-state index in [0.717, 1.165) is 56.1 Å². The van der Waals surface area contributed by atoms with E-state index in [1.54, 1.807) is 0 Å². The first-order chi connectivity index (χ1) is 13.7. The third-order valence-electron chi connectivity index (χ3n) is 5.80. The van der Waals surface area contributed by atoms with Crippen LogP contribution in [-0.2, 0) is 13.0 Å². The average molecular weight is 526 g/mol. The fraction of sp³-hybridized carbons (Fsp3) is 0.571. The van der Waals surface area contributed by atoms with Gasteiger partial charge in [-0.2, -0.15) is 0 Å². The summed E-state index contributed by atoms with van der Waals surface area (Å²) in [5, 5.41) is 12.1. The van der Waals surface area contributed by atoms with Gasteiger partial charge < -0.3 is 14.8 Å². The topological polar surface area (TPSA) is 58.3 Å². The fourth-order valence-corrected chi connectivity index (χ4v) is 5.21. The highest BCUT2D eigenvalue weighted by atomic mass is 127. The standard InChI is InChI=1S/C21H30N6S.HI/c1-16-24-25-20-9-8-17(14-27(16)20)12-23-21(22-2)26-11-10-18(13-26)15-28-19-6-4-3-5-7-19;/h3-7,17-18H,8-15H2,1-2H3,(H,22,23);1H. The summed E-state index contributed by atoms with van der Waals surface area (Å²) in [6.07, 6.45) is 3.43. The summed E-state index contributed by atoms with van der Waals surface area (Å²) in [7, 11) is 1.90. The van der Waals surface area contributed by atoms with E-state index in [-0.39, 0.29) is 24.0 Å². The third kappa shape index (κ3) is 5.65. The molecule has 6 nitrogen and oxygen atoms in total. The van der Waals surface area contributed by atoms with Gasteiger partial charge in [0.25, 0.3) is 0 Å². The minimum absolute atomic E-state index is 0. The Hall–Kier alpha value is -1.29. The molecule has 2 atom stereocenters. The number of hydrogen-bond donors (Lipinski definition) is 1. The zero-order valence-electron chi connectivity index (χ0n) is 17.3. The molecule has 3 heterocycles. The Bertz CT molecular complexity index is 809. The van der Waals surface area contributed by atoms with Gasteiger partial charge in [0.15, 0.2) is 5.96 Å². The lowest BCUT2D eigenvalue weighted by Gasteiger charge is -2.27. The van der Waals surface area contributed by atoms with Crippen LogP contribution in [-0.4, -0.2) is 58.1 Å². The van der Waals surface area contributed by atoms with Crippen LogP contribution in [0.3, 0.4) is 0 Å². The maximum Gasteiger partial charge on any atom is 0.193 e. The fourth-order valence-electron chi connectivity index (χ4n) is 4.16. The molecule has 1 saturated heterocycles. The van der Waals surface area contributed by atoms with E-state index in [0.29, 0.717) is 5.92 Å². The summed E-state index contributed by atoms with van der Waals surface area (Å²) in [6, 6.07) is 10.7. The van der Waals surface area contributed by atoms with Crippen molar-refractivity contribution < 1.29 is 0 Å². The van der Waals surface area contributed by atoms with E-state index in [1.807, 2.05) is 25.7 Å². The van der Waals surface area contributed by atoms with Crippen LogP contribution in [0.4, 0.5) is 0 Å². The van der Waals surface area contributed by atoms with Crippen LogP contribution in [0.15, 0.2) is 40.2 Å². The Kier molecular flexibility index (Phi) is 8.23. The SMILES string of the molecule is CN=C(NCC1CCc2nnc(C)n2C1)N1CCC(CSc2ccccc2)C1.I. The van der Waals surface area contributed by atoms with E-state index in [2.05, 4.69) is 60.3 Å². The molecule has 1 aromatic carbocycles. The highest BCUT2D eigenvalue weighted by Gasteiger charge is 2.26. The van der Waals surface area contributed by atoms with Crippen LogP contribution in [0, 0.1) is 18.8 Å². The Morgan fingerprint density at radius 3 is 2.79 bits per heavy atom. The number of hydrogen-bond acceptors (Lipinski definition) is 4. The summed E-state index contributed by atoms with van der Waals surface area (Å²) in [5.74, 6) is 5.72. The van der Waals surface area contributed by atoms with Crippen molar-refractivity contribution in [3.63, 3.8) is 0 Å². The zero-order valence-corrected chi connectivity index (χ0v) is 20.4. The average Bonchev–Trinajstić information content (AvgIpc) is 3.35. The highest BCUT2D eigenvalue weighted by molar-refractivity contribution is 14.0. The predicted octanol–water partition coefficient (Wildman–Crippen LogP) is 3.46. The second kappa shape index (κ2) is 10.7. The molecule has 2 aliphatic rings. The molecule has 0 amide bonds. The molecule has 2 aliphatic heterocycles. The van der Waals surface area contributed by atoms with Crippen LogP contribution >= 0.6 is 35.7 Å². The molecule has 0 saturated carbocycles. The third-order valence-corrected chi connectivity index (χ3v) is 7.05. The van der Waals surface area contributed by atoms with Gasteiger partial charge in [0.1, 0.15) is 11.6 Å². The monoisotopic (exact) mass is 526 g/mol. The van der Waals surface area contributed by atoms with Gasteiger partial charge in [-0.1, -0.05) is 18.2 Å². The minimum atomic E-state index is 0. The maximum atomic E-state index is 4.55. The molecule has 1 fully saturated rings. The molecular weight excluding hydrogens is 495 g/mol. The Labute approximate surface area is 195 Å². The Balaban J connectivity index is 0.00000240. The number of aliphatic imine (C=N–C) groups is 1. The minimum Gasteiger partial charge on any atom is -0.356 e. The summed E-state index contributed by atoms with van der Waals surface area (Å²) in [6.45, 7) is 6.21. The molecule has 0 aliphatic carbocycles. The number of thioether (sulfide) groups is 1. The van der Waals surface area contributed by atoms with Gasteiger partial charge in [-0.05, 0) is 43.7 Å². The molecule has 158 valence electrons. The predicted molar refractivity (Wildman–Crippen MR) is 130 cm³/mol. The maximum absolute atomic E-state index is 4.55. The first kappa shape index (κ1) is 22.4. The van der Waals surface area contributed by atoms with E-state index < -0.39 is 0 Å². The highest BCUT2D eigenvalue weighted by Crippen LogP contribution is 2.26. The van der Waals surface area contributed by atoms with Crippen molar-refractivity contribution in [3.05, 3.63) is 42.0 Å². The van der Waals surface area contributed by atoms with E-state index in [1.165, 1.54) is 23.5 Å². The quantitative estimate of drug-likeness (QED) is 0.280. The number of fused-ring (bicyclic) bond motifs is 1. The first-order valence-electron chi connectivity index (χ1n) is 10.2. The number of nitrogens with zero attached hydrogens (tertiary/aromatic N) is 5. The number of aryl methyl sites for hydroxylation is 2. The molecular formula is C21H31IN6S. The molecule has 1 N–H and O–H groups in total. The lowest BCUT2D eigenvalue weighted by atomic mass is 9.99. The van der Waals surface area contributed by atoms with Crippen molar-refractivity contribution in [1.29, 1.82) is 0 Å². The number of halogens is 1. The number of aromatic nitrogens is 3. The van der Waals surface area contributed by atoms with Gasteiger partial charge in [0, 0.05) is 50.3 Å². The largest absolute Gasteiger partial charge is 0.356 e. The summed E-state index contributed by atoms with van der Waals surface area (Å²) in [4.78, 5) is 8.34. The van der Waals surface area contributed by atoms with Crippen LogP contribution in [0.2, 0.25) is 0 Å².